The first-order valence-corrected chi connectivity index (χ1v) is 9.98. The first-order chi connectivity index (χ1) is 13.2. The number of nitrogens with one attached hydrogen (secondary N) is 1. The van der Waals surface area contributed by atoms with E-state index in [1.54, 1.807) is 0 Å². The number of amides is 1. The van der Waals surface area contributed by atoms with Gasteiger partial charge in [-0.05, 0) is 31.2 Å². The topological polar surface area (TPSA) is 81.9 Å². The highest BCUT2D eigenvalue weighted by molar-refractivity contribution is 8.01. The number of hydrogen-bond donors (Lipinski definition) is 1. The summed E-state index contributed by atoms with van der Waals surface area (Å²) in [5.74, 6) is 0.0476. The summed E-state index contributed by atoms with van der Waals surface area (Å²) in [5.41, 5.74) is 2.84. The number of hydrogen-bond acceptors (Lipinski definition) is 7. The molecule has 0 aliphatic rings. The van der Waals surface area contributed by atoms with E-state index in [2.05, 4.69) is 15.5 Å². The van der Waals surface area contributed by atoms with E-state index in [1.807, 2.05) is 67.6 Å². The molecule has 0 radical (unpaired) electrons. The van der Waals surface area contributed by atoms with Crippen molar-refractivity contribution in [1.82, 2.24) is 10.2 Å². The van der Waals surface area contributed by atoms with Crippen molar-refractivity contribution in [2.24, 2.45) is 0 Å². The number of aromatic nitrogens is 2. The van der Waals surface area contributed by atoms with E-state index < -0.39 is 0 Å². The van der Waals surface area contributed by atoms with Gasteiger partial charge in [0, 0.05) is 11.4 Å². The van der Waals surface area contributed by atoms with Crippen LogP contribution in [0.3, 0.4) is 0 Å². The predicted octanol–water partition coefficient (Wildman–Crippen LogP) is 4.24. The van der Waals surface area contributed by atoms with Gasteiger partial charge in [-0.1, -0.05) is 59.0 Å². The largest absolute Gasteiger partial charge is 0.330 e. The maximum absolute atomic E-state index is 12.5. The number of carbonyl (C=O) groups is 1. The number of anilines is 3. The zero-order valence-electron chi connectivity index (χ0n) is 14.6. The molecule has 0 fully saturated rings. The Balaban J connectivity index is 1.59. The van der Waals surface area contributed by atoms with Gasteiger partial charge < -0.3 is 5.32 Å². The molecule has 0 aliphatic heterocycles. The Morgan fingerprint density at radius 1 is 1.19 bits per heavy atom. The first-order valence-electron chi connectivity index (χ1n) is 8.18. The second-order valence-electron chi connectivity index (χ2n) is 5.63. The van der Waals surface area contributed by atoms with Gasteiger partial charge in [-0.25, -0.2) is 0 Å². The van der Waals surface area contributed by atoms with E-state index >= 15 is 0 Å². The molecule has 1 heterocycles. The van der Waals surface area contributed by atoms with Gasteiger partial charge in [0.2, 0.25) is 11.0 Å². The highest BCUT2D eigenvalue weighted by atomic mass is 32.2. The number of rotatable bonds is 7. The van der Waals surface area contributed by atoms with Crippen molar-refractivity contribution >= 4 is 45.5 Å². The number of nitrogens with zero attached hydrogens (tertiary/aromatic N) is 4. The van der Waals surface area contributed by atoms with Crippen LogP contribution in [0, 0.1) is 18.3 Å². The van der Waals surface area contributed by atoms with Gasteiger partial charge in [-0.2, -0.15) is 5.26 Å². The molecule has 0 saturated heterocycles. The number of nitriles is 1. The summed E-state index contributed by atoms with van der Waals surface area (Å²) in [6.45, 7) is 2.05. The van der Waals surface area contributed by atoms with E-state index in [1.165, 1.54) is 33.6 Å². The zero-order valence-corrected chi connectivity index (χ0v) is 16.3. The van der Waals surface area contributed by atoms with Crippen molar-refractivity contribution in [3.8, 4) is 6.07 Å². The molecule has 8 heteroatoms. The molecule has 27 heavy (non-hydrogen) atoms. The molecule has 0 unspecified atom stereocenters. The molecular weight excluding hydrogens is 378 g/mol. The lowest BCUT2D eigenvalue weighted by Gasteiger charge is -2.19. The molecule has 0 saturated carbocycles. The molecule has 0 atom stereocenters. The van der Waals surface area contributed by atoms with Crippen molar-refractivity contribution in [2.75, 3.05) is 22.5 Å². The highest BCUT2D eigenvalue weighted by Gasteiger charge is 2.16. The Labute approximate surface area is 165 Å². The Hall–Kier alpha value is -2.89. The second kappa shape index (κ2) is 9.16. The minimum atomic E-state index is -0.143. The summed E-state index contributed by atoms with van der Waals surface area (Å²) >= 11 is 2.70. The third-order valence-corrected chi connectivity index (χ3v) is 5.58. The van der Waals surface area contributed by atoms with Crippen LogP contribution in [0.5, 0.6) is 0 Å². The van der Waals surface area contributed by atoms with Crippen molar-refractivity contribution in [3.63, 3.8) is 0 Å². The summed E-state index contributed by atoms with van der Waals surface area (Å²) in [5, 5.41) is 21.1. The maximum Gasteiger partial charge on any atom is 0.238 e. The maximum atomic E-state index is 12.5. The molecule has 6 nitrogen and oxygen atoms in total. The molecule has 3 aromatic rings. The van der Waals surface area contributed by atoms with Crippen LogP contribution in [0.15, 0.2) is 58.9 Å². The molecule has 1 amide bonds. The molecule has 1 aromatic heterocycles. The third kappa shape index (κ3) is 5.29. The van der Waals surface area contributed by atoms with Gasteiger partial charge in [-0.3, -0.25) is 9.69 Å². The smallest absolute Gasteiger partial charge is 0.238 e. The van der Waals surface area contributed by atoms with Crippen LogP contribution in [-0.2, 0) is 4.79 Å². The van der Waals surface area contributed by atoms with E-state index in [4.69, 9.17) is 5.26 Å². The molecule has 0 bridgehead atoms. The Bertz CT molecular complexity index is 935. The Morgan fingerprint density at radius 2 is 1.93 bits per heavy atom. The fraction of sp³-hybridized carbons (Fsp3) is 0.158. The summed E-state index contributed by atoms with van der Waals surface area (Å²) < 4.78 is 0.697. The molecule has 2 aromatic carbocycles. The molecule has 1 N–H and O–H groups in total. The first kappa shape index (κ1) is 18.9. The monoisotopic (exact) mass is 395 g/mol. The van der Waals surface area contributed by atoms with Crippen molar-refractivity contribution in [1.29, 1.82) is 5.26 Å². The lowest BCUT2D eigenvalue weighted by molar-refractivity contribution is -0.116. The fourth-order valence-corrected chi connectivity index (χ4v) is 3.93. The quantitative estimate of drug-likeness (QED) is 0.476. The van der Waals surface area contributed by atoms with Gasteiger partial charge in [0.05, 0.1) is 11.8 Å². The minimum Gasteiger partial charge on any atom is -0.330 e. The number of para-hydroxylation sites is 1. The summed E-state index contributed by atoms with van der Waals surface area (Å²) in [7, 11) is 0. The van der Waals surface area contributed by atoms with Crippen LogP contribution in [0.2, 0.25) is 0 Å². The lowest BCUT2D eigenvalue weighted by atomic mass is 10.2. The van der Waals surface area contributed by atoms with E-state index in [-0.39, 0.29) is 18.2 Å². The molecule has 0 spiro atoms. The van der Waals surface area contributed by atoms with Crippen molar-refractivity contribution in [2.45, 2.75) is 11.3 Å². The summed E-state index contributed by atoms with van der Waals surface area (Å²) in [4.78, 5) is 14.0. The Morgan fingerprint density at radius 3 is 2.63 bits per heavy atom. The molecule has 3 rings (SSSR count). The Kier molecular flexibility index (Phi) is 6.41. The van der Waals surface area contributed by atoms with Crippen LogP contribution < -0.4 is 10.2 Å². The van der Waals surface area contributed by atoms with E-state index in [0.29, 0.717) is 15.2 Å². The van der Waals surface area contributed by atoms with Crippen molar-refractivity contribution in [3.05, 3.63) is 60.2 Å². The second-order valence-corrected chi connectivity index (χ2v) is 7.83. The normalized spacial score (nSPS) is 10.2. The van der Waals surface area contributed by atoms with Crippen molar-refractivity contribution < 1.29 is 4.79 Å². The average Bonchev–Trinajstić information content (AvgIpc) is 3.14. The minimum absolute atomic E-state index is 0.0136. The number of benzene rings is 2. The van der Waals surface area contributed by atoms with E-state index in [0.717, 1.165) is 5.69 Å². The standard InChI is InChI=1S/C19H17N5OS2/c1-14-7-9-15(10-8-14)21-18-22-23-19(27-18)26-13-17(25)24(12-11-20)16-5-3-2-4-6-16/h2-10H,12-13H2,1H3,(H,21,22). The van der Waals surface area contributed by atoms with Gasteiger partial charge in [0.1, 0.15) is 6.54 Å². The number of thioether (sulfide) groups is 1. The van der Waals surface area contributed by atoms with Gasteiger partial charge in [-0.15, -0.1) is 10.2 Å². The average molecular weight is 396 g/mol. The summed E-state index contributed by atoms with van der Waals surface area (Å²) in [6.07, 6.45) is 0. The molecule has 0 aliphatic carbocycles. The van der Waals surface area contributed by atoms with Gasteiger partial charge in [0.15, 0.2) is 4.34 Å². The number of carbonyl (C=O) groups excluding carboxylic acids is 1. The predicted molar refractivity (Wildman–Crippen MR) is 110 cm³/mol. The van der Waals surface area contributed by atoms with Crippen LogP contribution >= 0.6 is 23.1 Å². The van der Waals surface area contributed by atoms with Crippen LogP contribution in [0.25, 0.3) is 0 Å². The third-order valence-electron chi connectivity index (χ3n) is 3.63. The van der Waals surface area contributed by atoms with Gasteiger partial charge >= 0.3 is 0 Å². The zero-order chi connectivity index (χ0) is 19.1. The van der Waals surface area contributed by atoms with Gasteiger partial charge in [0.25, 0.3) is 0 Å². The van der Waals surface area contributed by atoms with Crippen LogP contribution in [0.1, 0.15) is 5.56 Å². The highest BCUT2D eigenvalue weighted by Crippen LogP contribution is 2.28. The van der Waals surface area contributed by atoms with Crippen LogP contribution in [0.4, 0.5) is 16.5 Å². The summed E-state index contributed by atoms with van der Waals surface area (Å²) in [6, 6.07) is 19.2. The molecule has 136 valence electrons. The molecular formula is C19H17N5OS2. The number of aryl methyl sites for hydroxylation is 1. The van der Waals surface area contributed by atoms with E-state index in [9.17, 15) is 4.79 Å². The van der Waals surface area contributed by atoms with Crippen LogP contribution in [-0.4, -0.2) is 28.4 Å². The lowest BCUT2D eigenvalue weighted by Crippen LogP contribution is -2.32. The fourth-order valence-electron chi connectivity index (χ4n) is 2.28. The SMILES string of the molecule is Cc1ccc(Nc2nnc(SCC(=O)N(CC#N)c3ccccc3)s2)cc1.